The van der Waals surface area contributed by atoms with Crippen LogP contribution < -0.4 is 20.4 Å². The number of alkyl halides is 3. The lowest BCUT2D eigenvalue weighted by Gasteiger charge is -2.31. The van der Waals surface area contributed by atoms with Gasteiger partial charge >= 0.3 is 18.2 Å². The van der Waals surface area contributed by atoms with Crippen LogP contribution in [0.15, 0.2) is 24.5 Å². The van der Waals surface area contributed by atoms with Crippen LogP contribution in [-0.2, 0) is 11.2 Å². The molecule has 0 saturated carbocycles. The summed E-state index contributed by atoms with van der Waals surface area (Å²) >= 11 is 0. The molecule has 2 aliphatic heterocycles. The number of imidazole rings is 1. The van der Waals surface area contributed by atoms with Crippen LogP contribution >= 0.6 is 0 Å². The molecule has 1 saturated heterocycles. The molecule has 37 heavy (non-hydrogen) atoms. The summed E-state index contributed by atoms with van der Waals surface area (Å²) in [5, 5.41) is 13.2. The Bertz CT molecular complexity index is 1340. The summed E-state index contributed by atoms with van der Waals surface area (Å²) in [5.41, 5.74) is 4.50. The highest BCUT2D eigenvalue weighted by atomic mass is 19.4. The van der Waals surface area contributed by atoms with Crippen molar-refractivity contribution in [2.75, 3.05) is 47.8 Å². The Morgan fingerprint density at radius 1 is 1.05 bits per heavy atom. The number of amides is 2. The molecule has 5 heterocycles. The number of hydrogen-bond donors (Lipinski definition) is 3. The predicted octanol–water partition coefficient (Wildman–Crippen LogP) is 3.12. The van der Waals surface area contributed by atoms with Gasteiger partial charge in [0.1, 0.15) is 11.5 Å². The monoisotopic (exact) mass is 523 g/mol. The third-order valence-corrected chi connectivity index (χ3v) is 5.90. The van der Waals surface area contributed by atoms with E-state index in [1.165, 1.54) is 6.07 Å². The number of aliphatic carboxylic acids is 1. The molecule has 5 rings (SSSR count). The summed E-state index contributed by atoms with van der Waals surface area (Å²) in [6.45, 7) is 8.04. The van der Waals surface area contributed by atoms with E-state index < -0.39 is 18.0 Å². The average Bonchev–Trinajstić information content (AvgIpc) is 3.41. The highest BCUT2D eigenvalue weighted by molar-refractivity contribution is 6.03. The SMILES string of the molecule is Cc1cc(N2CCNCC2)c2c(n1)N(C(=O)Nc1cn3cc(C)nc3cc1F)CC2.O=C(O)C(F)(F)F. The maximum atomic E-state index is 14.5. The molecule has 0 aromatic carbocycles. The van der Waals surface area contributed by atoms with Gasteiger partial charge in [-0.15, -0.1) is 0 Å². The van der Waals surface area contributed by atoms with Gasteiger partial charge in [-0.05, 0) is 26.3 Å². The Balaban J connectivity index is 0.000000405. The van der Waals surface area contributed by atoms with Gasteiger partial charge in [-0.25, -0.2) is 23.9 Å². The number of urea groups is 1. The number of carboxylic acids is 1. The lowest BCUT2D eigenvalue weighted by atomic mass is 10.1. The summed E-state index contributed by atoms with van der Waals surface area (Å²) < 4.78 is 48.0. The van der Waals surface area contributed by atoms with Gasteiger partial charge in [-0.3, -0.25) is 4.90 Å². The first-order valence-electron chi connectivity index (χ1n) is 11.4. The minimum Gasteiger partial charge on any atom is -0.475 e. The van der Waals surface area contributed by atoms with Gasteiger partial charge in [0, 0.05) is 68.1 Å². The number of carbonyl (C=O) groups is 2. The van der Waals surface area contributed by atoms with E-state index in [0.29, 0.717) is 18.0 Å². The maximum absolute atomic E-state index is 14.5. The zero-order chi connectivity index (χ0) is 26.9. The molecule has 2 amide bonds. The fourth-order valence-electron chi connectivity index (χ4n) is 4.26. The number of carbonyl (C=O) groups excluding carboxylic acids is 1. The fraction of sp³-hybridized carbons (Fsp3) is 0.391. The Morgan fingerprint density at radius 2 is 1.73 bits per heavy atom. The number of pyridine rings is 2. The van der Waals surface area contributed by atoms with Crippen molar-refractivity contribution in [1.29, 1.82) is 0 Å². The molecule has 0 bridgehead atoms. The predicted molar refractivity (Wildman–Crippen MR) is 128 cm³/mol. The van der Waals surface area contributed by atoms with Gasteiger partial charge in [0.2, 0.25) is 0 Å². The number of anilines is 3. The second-order valence-corrected chi connectivity index (χ2v) is 8.64. The number of hydrogen-bond acceptors (Lipinski definition) is 6. The first-order valence-corrected chi connectivity index (χ1v) is 11.4. The van der Waals surface area contributed by atoms with Crippen LogP contribution in [-0.4, -0.2) is 70.4 Å². The van der Waals surface area contributed by atoms with Crippen LogP contribution in [0, 0.1) is 19.7 Å². The Hall–Kier alpha value is -3.94. The molecule has 14 heteroatoms. The third-order valence-electron chi connectivity index (χ3n) is 5.90. The van der Waals surface area contributed by atoms with Crippen molar-refractivity contribution in [3.63, 3.8) is 0 Å². The minimum absolute atomic E-state index is 0.119. The number of aromatic nitrogens is 3. The highest BCUT2D eigenvalue weighted by Crippen LogP contribution is 2.35. The molecule has 0 radical (unpaired) electrons. The Morgan fingerprint density at radius 3 is 2.38 bits per heavy atom. The topological polar surface area (TPSA) is 115 Å². The van der Waals surface area contributed by atoms with Crippen LogP contribution in [0.5, 0.6) is 0 Å². The first kappa shape index (κ1) is 26.1. The van der Waals surface area contributed by atoms with Crippen LogP contribution in [0.2, 0.25) is 0 Å². The number of nitrogens with zero attached hydrogens (tertiary/aromatic N) is 5. The number of carboxylic acid groups (broad SMARTS) is 1. The lowest BCUT2D eigenvalue weighted by Crippen LogP contribution is -2.44. The minimum atomic E-state index is -5.08. The van der Waals surface area contributed by atoms with Crippen molar-refractivity contribution in [2.45, 2.75) is 26.4 Å². The van der Waals surface area contributed by atoms with Crippen LogP contribution in [0.1, 0.15) is 17.0 Å². The van der Waals surface area contributed by atoms with Crippen molar-refractivity contribution in [2.24, 2.45) is 0 Å². The zero-order valence-electron chi connectivity index (χ0n) is 20.1. The lowest BCUT2D eigenvalue weighted by molar-refractivity contribution is -0.192. The molecule has 1 fully saturated rings. The van der Waals surface area contributed by atoms with E-state index in [-0.39, 0.29) is 11.7 Å². The number of fused-ring (bicyclic) bond motifs is 2. The molecule has 3 N–H and O–H groups in total. The number of halogens is 4. The Kier molecular flexibility index (Phi) is 7.21. The first-order chi connectivity index (χ1) is 17.4. The molecule has 3 aromatic heterocycles. The van der Waals surface area contributed by atoms with Gasteiger partial charge in [0.15, 0.2) is 5.82 Å². The second kappa shape index (κ2) is 10.2. The molecule has 198 valence electrons. The Labute approximate surface area is 208 Å². The number of aryl methyl sites for hydroxylation is 2. The molecule has 0 spiro atoms. The largest absolute Gasteiger partial charge is 0.490 e. The summed E-state index contributed by atoms with van der Waals surface area (Å²) in [6.07, 6.45) is -1.01. The van der Waals surface area contributed by atoms with Gasteiger partial charge in [-0.2, -0.15) is 13.2 Å². The fourth-order valence-corrected chi connectivity index (χ4v) is 4.26. The smallest absolute Gasteiger partial charge is 0.475 e. The van der Waals surface area contributed by atoms with Crippen molar-refractivity contribution in [3.05, 3.63) is 47.3 Å². The molecule has 0 unspecified atom stereocenters. The van der Waals surface area contributed by atoms with Crippen molar-refractivity contribution in [3.8, 4) is 0 Å². The third kappa shape index (κ3) is 5.74. The molecule has 10 nitrogen and oxygen atoms in total. The van der Waals surface area contributed by atoms with Crippen molar-refractivity contribution >= 4 is 34.8 Å². The van der Waals surface area contributed by atoms with Gasteiger partial charge in [0.05, 0.1) is 11.4 Å². The van der Waals surface area contributed by atoms with E-state index in [4.69, 9.17) is 9.90 Å². The number of rotatable bonds is 2. The quantitative estimate of drug-likeness (QED) is 0.442. The van der Waals surface area contributed by atoms with Crippen LogP contribution in [0.25, 0.3) is 5.65 Å². The highest BCUT2D eigenvalue weighted by Gasteiger charge is 2.38. The van der Waals surface area contributed by atoms with Crippen LogP contribution in [0.3, 0.4) is 0 Å². The van der Waals surface area contributed by atoms with Crippen molar-refractivity contribution in [1.82, 2.24) is 19.7 Å². The number of piperazine rings is 1. The average molecular weight is 523 g/mol. The zero-order valence-corrected chi connectivity index (χ0v) is 20.1. The normalized spacial score (nSPS) is 15.3. The molecule has 2 aliphatic rings. The summed E-state index contributed by atoms with van der Waals surface area (Å²) in [7, 11) is 0. The van der Waals surface area contributed by atoms with Gasteiger partial charge in [-0.1, -0.05) is 0 Å². The second-order valence-electron chi connectivity index (χ2n) is 8.64. The van der Waals surface area contributed by atoms with E-state index in [0.717, 1.165) is 55.2 Å². The molecular formula is C23H25F4N7O3. The van der Waals surface area contributed by atoms with E-state index in [9.17, 15) is 22.4 Å². The standard InChI is InChI=1S/C21H24FN7O.C2HF3O2/c1-13-9-18(27-7-4-23-5-8-27)15-3-6-29(20(15)25-13)21(30)26-17-12-28-11-14(2)24-19(28)10-16(17)22;3-2(4,5)1(6)7/h9-12,23H,3-8H2,1-2H3,(H,26,30);(H,6,7). The van der Waals surface area contributed by atoms with Gasteiger partial charge in [0.25, 0.3) is 0 Å². The molecular weight excluding hydrogens is 498 g/mol. The maximum Gasteiger partial charge on any atom is 0.490 e. The summed E-state index contributed by atoms with van der Waals surface area (Å²) in [6, 6.07) is 3.04. The van der Waals surface area contributed by atoms with E-state index in [2.05, 4.69) is 31.6 Å². The van der Waals surface area contributed by atoms with E-state index in [1.807, 2.05) is 13.8 Å². The van der Waals surface area contributed by atoms with E-state index >= 15 is 0 Å². The summed E-state index contributed by atoms with van der Waals surface area (Å²) in [4.78, 5) is 34.8. The van der Waals surface area contributed by atoms with E-state index in [1.54, 1.807) is 21.7 Å². The molecule has 0 aliphatic carbocycles. The molecule has 0 atom stereocenters. The summed E-state index contributed by atoms with van der Waals surface area (Å²) in [5.74, 6) is -2.60. The van der Waals surface area contributed by atoms with Crippen molar-refractivity contribution < 1.29 is 32.3 Å². The van der Waals surface area contributed by atoms with Gasteiger partial charge < -0.3 is 25.0 Å². The van der Waals surface area contributed by atoms with Crippen LogP contribution in [0.4, 0.5) is 39.5 Å². The molecule has 3 aromatic rings. The number of nitrogens with one attached hydrogen (secondary N) is 2.